The number of benzene rings is 1. The fourth-order valence-electron chi connectivity index (χ4n) is 4.18. The SMILES string of the molecule is Cc1nonc1[C@@H]1CCCN1C(=O)Cc1c(C)[nH]c2c(C)ccc(C)c12. The number of amides is 1. The second-order valence-corrected chi connectivity index (χ2v) is 7.33. The molecule has 0 spiro atoms. The van der Waals surface area contributed by atoms with Crippen LogP contribution in [0, 0.1) is 27.7 Å². The third-order valence-corrected chi connectivity index (χ3v) is 5.59. The zero-order valence-electron chi connectivity index (χ0n) is 15.7. The average molecular weight is 352 g/mol. The van der Waals surface area contributed by atoms with E-state index >= 15 is 0 Å². The third-order valence-electron chi connectivity index (χ3n) is 5.59. The van der Waals surface area contributed by atoms with Crippen LogP contribution in [0.4, 0.5) is 0 Å². The highest BCUT2D eigenvalue weighted by molar-refractivity contribution is 5.94. The van der Waals surface area contributed by atoms with Gasteiger partial charge in [0.05, 0.1) is 12.5 Å². The van der Waals surface area contributed by atoms with Crippen LogP contribution in [0.2, 0.25) is 0 Å². The van der Waals surface area contributed by atoms with Crippen molar-refractivity contribution >= 4 is 16.8 Å². The van der Waals surface area contributed by atoms with Crippen molar-refractivity contribution in [3.05, 3.63) is 45.9 Å². The lowest BCUT2D eigenvalue weighted by atomic mass is 10.0. The van der Waals surface area contributed by atoms with E-state index in [0.29, 0.717) is 6.42 Å². The first-order valence-electron chi connectivity index (χ1n) is 9.13. The highest BCUT2D eigenvalue weighted by Crippen LogP contribution is 2.34. The Balaban J connectivity index is 1.67. The van der Waals surface area contributed by atoms with Crippen molar-refractivity contribution in [1.29, 1.82) is 0 Å². The maximum atomic E-state index is 13.2. The van der Waals surface area contributed by atoms with E-state index in [0.717, 1.165) is 47.5 Å². The predicted molar refractivity (Wildman–Crippen MR) is 98.9 cm³/mol. The second kappa shape index (κ2) is 6.27. The molecule has 6 nitrogen and oxygen atoms in total. The molecule has 0 saturated carbocycles. The van der Waals surface area contributed by atoms with Gasteiger partial charge in [-0.05, 0) is 57.2 Å². The summed E-state index contributed by atoms with van der Waals surface area (Å²) in [6.45, 7) is 8.89. The fourth-order valence-corrected chi connectivity index (χ4v) is 4.18. The summed E-state index contributed by atoms with van der Waals surface area (Å²) in [5.41, 5.74) is 7.28. The molecule has 1 saturated heterocycles. The number of fused-ring (bicyclic) bond motifs is 1. The number of hydrogen-bond acceptors (Lipinski definition) is 4. The van der Waals surface area contributed by atoms with Crippen molar-refractivity contribution < 1.29 is 9.42 Å². The van der Waals surface area contributed by atoms with Crippen LogP contribution < -0.4 is 0 Å². The van der Waals surface area contributed by atoms with Gasteiger partial charge >= 0.3 is 0 Å². The topological polar surface area (TPSA) is 75.0 Å². The molecule has 1 fully saturated rings. The molecule has 1 N–H and O–H groups in total. The standard InChI is InChI=1S/C20H24N4O2/c1-11-7-8-12(2)19-18(11)15(13(3)21-19)10-17(25)24-9-5-6-16(24)20-14(4)22-26-23-20/h7-8,16,21H,5-6,9-10H2,1-4H3/t16-/m0/s1. The molecule has 4 rings (SSSR count). The molecular weight excluding hydrogens is 328 g/mol. The molecule has 2 aromatic heterocycles. The number of aryl methyl sites for hydroxylation is 4. The minimum absolute atomic E-state index is 0.0258. The van der Waals surface area contributed by atoms with E-state index in [1.807, 2.05) is 11.8 Å². The minimum atomic E-state index is -0.0258. The Morgan fingerprint density at radius 2 is 2.00 bits per heavy atom. The fraction of sp³-hybridized carbons (Fsp3) is 0.450. The van der Waals surface area contributed by atoms with Crippen molar-refractivity contribution in [3.8, 4) is 0 Å². The van der Waals surface area contributed by atoms with Crippen molar-refractivity contribution in [2.45, 2.75) is 53.0 Å². The van der Waals surface area contributed by atoms with Crippen molar-refractivity contribution in [1.82, 2.24) is 20.2 Å². The molecule has 3 heterocycles. The highest BCUT2D eigenvalue weighted by Gasteiger charge is 2.34. The second-order valence-electron chi connectivity index (χ2n) is 7.33. The summed E-state index contributed by atoms with van der Waals surface area (Å²) < 4.78 is 4.85. The molecule has 136 valence electrons. The predicted octanol–water partition coefficient (Wildman–Crippen LogP) is 3.69. The van der Waals surface area contributed by atoms with Gasteiger partial charge in [-0.25, -0.2) is 4.63 Å². The van der Waals surface area contributed by atoms with Crippen LogP contribution >= 0.6 is 0 Å². The molecule has 1 aromatic carbocycles. The Kier molecular flexibility index (Phi) is 4.05. The molecular formula is C20H24N4O2. The molecule has 1 atom stereocenters. The lowest BCUT2D eigenvalue weighted by Crippen LogP contribution is -2.32. The number of H-pyrrole nitrogens is 1. The van der Waals surface area contributed by atoms with Crippen LogP contribution in [0.1, 0.15) is 52.7 Å². The molecule has 26 heavy (non-hydrogen) atoms. The summed E-state index contributed by atoms with van der Waals surface area (Å²) in [5, 5.41) is 9.10. The summed E-state index contributed by atoms with van der Waals surface area (Å²) in [5.74, 6) is 0.139. The molecule has 6 heteroatoms. The summed E-state index contributed by atoms with van der Waals surface area (Å²) in [4.78, 5) is 18.6. The van der Waals surface area contributed by atoms with Crippen molar-refractivity contribution in [2.24, 2.45) is 0 Å². The smallest absolute Gasteiger partial charge is 0.227 e. The van der Waals surface area contributed by atoms with E-state index in [-0.39, 0.29) is 11.9 Å². The Morgan fingerprint density at radius 1 is 1.23 bits per heavy atom. The molecule has 0 bridgehead atoms. The summed E-state index contributed by atoms with van der Waals surface area (Å²) in [6.07, 6.45) is 2.29. The minimum Gasteiger partial charge on any atom is -0.358 e. The van der Waals surface area contributed by atoms with Gasteiger partial charge in [0.15, 0.2) is 0 Å². The highest BCUT2D eigenvalue weighted by atomic mass is 16.6. The first-order valence-corrected chi connectivity index (χ1v) is 9.13. The Morgan fingerprint density at radius 3 is 2.73 bits per heavy atom. The maximum Gasteiger partial charge on any atom is 0.227 e. The van der Waals surface area contributed by atoms with Crippen LogP contribution in [0.5, 0.6) is 0 Å². The van der Waals surface area contributed by atoms with E-state index in [9.17, 15) is 4.79 Å². The monoisotopic (exact) mass is 352 g/mol. The van der Waals surface area contributed by atoms with Gasteiger partial charge in [-0.3, -0.25) is 4.79 Å². The molecule has 1 amide bonds. The number of carbonyl (C=O) groups is 1. The third kappa shape index (κ3) is 2.60. The first-order chi connectivity index (χ1) is 12.5. The van der Waals surface area contributed by atoms with E-state index in [1.54, 1.807) is 0 Å². The van der Waals surface area contributed by atoms with Crippen LogP contribution in [-0.4, -0.2) is 32.6 Å². The van der Waals surface area contributed by atoms with Gasteiger partial charge in [0, 0.05) is 23.1 Å². The molecule has 1 aliphatic rings. The zero-order valence-corrected chi connectivity index (χ0v) is 15.7. The number of carbonyl (C=O) groups excluding carboxylic acids is 1. The number of nitrogens with one attached hydrogen (secondary N) is 1. The van der Waals surface area contributed by atoms with Gasteiger partial charge < -0.3 is 9.88 Å². The average Bonchev–Trinajstić information content (AvgIpc) is 3.31. The molecule has 0 unspecified atom stereocenters. The Bertz CT molecular complexity index is 985. The molecule has 1 aliphatic heterocycles. The van der Waals surface area contributed by atoms with Crippen molar-refractivity contribution in [2.75, 3.05) is 6.54 Å². The van der Waals surface area contributed by atoms with Crippen LogP contribution in [0.3, 0.4) is 0 Å². The van der Waals surface area contributed by atoms with E-state index in [4.69, 9.17) is 4.63 Å². The number of nitrogens with zero attached hydrogens (tertiary/aromatic N) is 3. The van der Waals surface area contributed by atoms with Gasteiger partial charge in [0.2, 0.25) is 5.91 Å². The van der Waals surface area contributed by atoms with Gasteiger partial charge in [0.1, 0.15) is 11.4 Å². The molecule has 0 radical (unpaired) electrons. The number of aromatic amines is 1. The van der Waals surface area contributed by atoms with Crippen LogP contribution in [0.25, 0.3) is 10.9 Å². The number of likely N-dealkylation sites (tertiary alicyclic amines) is 1. The van der Waals surface area contributed by atoms with Crippen LogP contribution in [0.15, 0.2) is 16.8 Å². The quantitative estimate of drug-likeness (QED) is 0.780. The zero-order chi connectivity index (χ0) is 18.4. The van der Waals surface area contributed by atoms with Gasteiger partial charge in [-0.1, -0.05) is 22.4 Å². The number of hydrogen-bond donors (Lipinski definition) is 1. The summed E-state index contributed by atoms with van der Waals surface area (Å²) >= 11 is 0. The van der Waals surface area contributed by atoms with E-state index < -0.39 is 0 Å². The summed E-state index contributed by atoms with van der Waals surface area (Å²) in [6, 6.07) is 4.22. The Hall–Kier alpha value is -2.63. The Labute approximate surface area is 152 Å². The first kappa shape index (κ1) is 16.8. The largest absolute Gasteiger partial charge is 0.358 e. The summed E-state index contributed by atoms with van der Waals surface area (Å²) in [7, 11) is 0. The molecule has 3 aromatic rings. The lowest BCUT2D eigenvalue weighted by Gasteiger charge is -2.23. The number of aromatic nitrogens is 3. The normalized spacial score (nSPS) is 17.4. The van der Waals surface area contributed by atoms with E-state index in [2.05, 4.69) is 48.2 Å². The lowest BCUT2D eigenvalue weighted by molar-refractivity contribution is -0.131. The maximum absolute atomic E-state index is 13.2. The van der Waals surface area contributed by atoms with E-state index in [1.165, 1.54) is 16.5 Å². The van der Waals surface area contributed by atoms with Crippen LogP contribution in [-0.2, 0) is 11.2 Å². The van der Waals surface area contributed by atoms with Gasteiger partial charge in [-0.15, -0.1) is 0 Å². The number of rotatable bonds is 3. The van der Waals surface area contributed by atoms with Gasteiger partial charge in [-0.2, -0.15) is 0 Å². The van der Waals surface area contributed by atoms with Crippen molar-refractivity contribution in [3.63, 3.8) is 0 Å². The molecule has 0 aliphatic carbocycles. The van der Waals surface area contributed by atoms with Gasteiger partial charge in [0.25, 0.3) is 0 Å².